The van der Waals surface area contributed by atoms with E-state index in [1.165, 1.54) is 0 Å². The van der Waals surface area contributed by atoms with Gasteiger partial charge in [0.25, 0.3) is 0 Å². The summed E-state index contributed by atoms with van der Waals surface area (Å²) < 4.78 is 0. The van der Waals surface area contributed by atoms with Crippen molar-refractivity contribution in [2.45, 2.75) is 0 Å². The molecule has 0 bridgehead atoms. The highest BCUT2D eigenvalue weighted by atomic mass is 35.5. The van der Waals surface area contributed by atoms with Gasteiger partial charge in [0.1, 0.15) is 5.15 Å². The van der Waals surface area contributed by atoms with Gasteiger partial charge in [-0.1, -0.05) is 35.9 Å². The largest absolute Gasteiger partial charge is 0.243 e. The molecule has 2 aromatic rings. The van der Waals surface area contributed by atoms with Crippen molar-refractivity contribution in [3.63, 3.8) is 0 Å². The zero-order chi connectivity index (χ0) is 10.7. The van der Waals surface area contributed by atoms with E-state index < -0.39 is 0 Å². The second-order valence-corrected chi connectivity index (χ2v) is 3.23. The van der Waals surface area contributed by atoms with Gasteiger partial charge in [-0.05, 0) is 5.92 Å². The van der Waals surface area contributed by atoms with Crippen LogP contribution in [0.2, 0.25) is 5.15 Å². The van der Waals surface area contributed by atoms with Crippen LogP contribution >= 0.6 is 11.6 Å². The minimum Gasteiger partial charge on any atom is -0.243 e. The lowest BCUT2D eigenvalue weighted by molar-refractivity contribution is 1.35. The first-order chi connectivity index (χ1) is 7.33. The van der Waals surface area contributed by atoms with Crippen molar-refractivity contribution >= 4 is 22.4 Å². The van der Waals surface area contributed by atoms with Gasteiger partial charge in [-0.25, -0.2) is 4.98 Å². The van der Waals surface area contributed by atoms with Gasteiger partial charge in [-0.2, -0.15) is 5.26 Å². The Hall–Kier alpha value is -2.03. The SMILES string of the molecule is N#CC#Cc1cnc(Cl)c2ccccc12. The topological polar surface area (TPSA) is 36.7 Å². The Labute approximate surface area is 92.1 Å². The number of halogens is 1. The molecule has 2 rings (SSSR count). The normalized spacial score (nSPS) is 9.07. The van der Waals surface area contributed by atoms with Crippen LogP contribution in [-0.4, -0.2) is 4.98 Å². The summed E-state index contributed by atoms with van der Waals surface area (Å²) in [6, 6.07) is 9.34. The number of nitriles is 1. The van der Waals surface area contributed by atoms with Crippen molar-refractivity contribution in [1.29, 1.82) is 5.26 Å². The number of fused-ring (bicyclic) bond motifs is 1. The Kier molecular flexibility index (Phi) is 2.54. The number of rotatable bonds is 0. The van der Waals surface area contributed by atoms with Gasteiger partial charge in [0.05, 0.1) is 5.56 Å². The molecule has 70 valence electrons. The third-order valence-electron chi connectivity index (χ3n) is 2.00. The maximum atomic E-state index is 8.38. The second kappa shape index (κ2) is 4.00. The summed E-state index contributed by atoms with van der Waals surface area (Å²) in [5, 5.41) is 10.6. The fraction of sp³-hybridized carbons (Fsp3) is 0. The van der Waals surface area contributed by atoms with Crippen LogP contribution in [0, 0.1) is 23.2 Å². The van der Waals surface area contributed by atoms with Crippen LogP contribution in [0.15, 0.2) is 30.5 Å². The summed E-state index contributed by atoms with van der Waals surface area (Å²) in [6.45, 7) is 0. The average molecular weight is 213 g/mol. The molecule has 0 aliphatic heterocycles. The number of hydrogen-bond acceptors (Lipinski definition) is 2. The van der Waals surface area contributed by atoms with Crippen LogP contribution in [0.5, 0.6) is 0 Å². The second-order valence-electron chi connectivity index (χ2n) is 2.87. The van der Waals surface area contributed by atoms with E-state index in [-0.39, 0.29) is 0 Å². The standard InChI is InChI=1S/C12H5ClN2/c13-12-11-6-2-1-5-10(11)9(8-15-12)4-3-7-14/h1-2,5-6,8H. The zero-order valence-electron chi connectivity index (χ0n) is 7.66. The van der Waals surface area contributed by atoms with Gasteiger partial charge < -0.3 is 0 Å². The molecule has 0 saturated heterocycles. The van der Waals surface area contributed by atoms with Crippen LogP contribution in [0.4, 0.5) is 0 Å². The highest BCUT2D eigenvalue weighted by Crippen LogP contribution is 2.23. The maximum Gasteiger partial charge on any atom is 0.152 e. The van der Waals surface area contributed by atoms with E-state index >= 15 is 0 Å². The first-order valence-electron chi connectivity index (χ1n) is 4.26. The molecule has 15 heavy (non-hydrogen) atoms. The van der Waals surface area contributed by atoms with E-state index in [2.05, 4.69) is 16.8 Å². The number of pyridine rings is 1. The molecule has 1 aromatic heterocycles. The molecule has 0 fully saturated rings. The molecule has 0 aliphatic rings. The molecule has 1 aromatic carbocycles. The van der Waals surface area contributed by atoms with Gasteiger partial charge in [0.2, 0.25) is 0 Å². The quantitative estimate of drug-likeness (QED) is 0.497. The summed E-state index contributed by atoms with van der Waals surface area (Å²) in [5.41, 5.74) is 0.719. The van der Waals surface area contributed by atoms with Gasteiger partial charge in [-0.15, -0.1) is 0 Å². The Morgan fingerprint density at radius 2 is 1.93 bits per heavy atom. The van der Waals surface area contributed by atoms with Crippen LogP contribution in [0.3, 0.4) is 0 Å². The molecule has 0 aliphatic carbocycles. The van der Waals surface area contributed by atoms with Crippen LogP contribution in [0.25, 0.3) is 10.8 Å². The third-order valence-corrected chi connectivity index (χ3v) is 2.30. The third kappa shape index (κ3) is 1.76. The average Bonchev–Trinajstić information content (AvgIpc) is 2.29. The zero-order valence-corrected chi connectivity index (χ0v) is 8.42. The van der Waals surface area contributed by atoms with Gasteiger partial charge in [-0.3, -0.25) is 0 Å². The molecule has 0 amide bonds. The number of benzene rings is 1. The highest BCUT2D eigenvalue weighted by Gasteiger charge is 2.02. The van der Waals surface area contributed by atoms with Crippen LogP contribution in [0.1, 0.15) is 5.56 Å². The summed E-state index contributed by atoms with van der Waals surface area (Å²) in [5.74, 6) is 5.08. The van der Waals surface area contributed by atoms with Gasteiger partial charge in [0, 0.05) is 22.9 Å². The van der Waals surface area contributed by atoms with Crippen molar-refractivity contribution in [2.24, 2.45) is 0 Å². The number of hydrogen-bond donors (Lipinski definition) is 0. The van der Waals surface area contributed by atoms with E-state index in [0.717, 1.165) is 16.3 Å². The minimum absolute atomic E-state index is 0.452. The van der Waals surface area contributed by atoms with Crippen LogP contribution < -0.4 is 0 Å². The molecule has 0 saturated carbocycles. The Balaban J connectivity index is 2.79. The van der Waals surface area contributed by atoms with Crippen LogP contribution in [-0.2, 0) is 0 Å². The van der Waals surface area contributed by atoms with E-state index in [0.29, 0.717) is 5.15 Å². The Bertz CT molecular complexity index is 615. The number of aromatic nitrogens is 1. The van der Waals surface area contributed by atoms with Crippen molar-refractivity contribution in [1.82, 2.24) is 4.98 Å². The lowest BCUT2D eigenvalue weighted by Gasteiger charge is -2.00. The predicted octanol–water partition coefficient (Wildman–Crippen LogP) is 2.76. The van der Waals surface area contributed by atoms with Gasteiger partial charge >= 0.3 is 0 Å². The molecule has 0 radical (unpaired) electrons. The Morgan fingerprint density at radius 1 is 1.20 bits per heavy atom. The monoisotopic (exact) mass is 212 g/mol. The van der Waals surface area contributed by atoms with Crippen molar-refractivity contribution < 1.29 is 0 Å². The lowest BCUT2D eigenvalue weighted by atomic mass is 10.1. The molecule has 0 N–H and O–H groups in total. The fourth-order valence-electron chi connectivity index (χ4n) is 1.35. The summed E-state index contributed by atoms with van der Waals surface area (Å²) >= 11 is 5.94. The highest BCUT2D eigenvalue weighted by molar-refractivity contribution is 6.34. The molecule has 0 spiro atoms. The molecule has 1 heterocycles. The molecule has 2 nitrogen and oxygen atoms in total. The van der Waals surface area contributed by atoms with E-state index in [4.69, 9.17) is 16.9 Å². The minimum atomic E-state index is 0.452. The smallest absolute Gasteiger partial charge is 0.152 e. The first-order valence-corrected chi connectivity index (χ1v) is 4.64. The summed E-state index contributed by atoms with van der Waals surface area (Å²) in [6.07, 6.45) is 1.58. The summed E-state index contributed by atoms with van der Waals surface area (Å²) in [4.78, 5) is 4.01. The van der Waals surface area contributed by atoms with Crippen molar-refractivity contribution in [3.05, 3.63) is 41.2 Å². The molecular weight excluding hydrogens is 208 g/mol. The molecule has 0 unspecified atom stereocenters. The molecule has 3 heteroatoms. The molecular formula is C12H5ClN2. The van der Waals surface area contributed by atoms with E-state index in [1.54, 1.807) is 12.3 Å². The maximum absolute atomic E-state index is 8.38. The first kappa shape index (κ1) is 9.52. The number of nitrogens with zero attached hydrogens (tertiary/aromatic N) is 2. The van der Waals surface area contributed by atoms with E-state index in [1.807, 2.05) is 24.3 Å². The van der Waals surface area contributed by atoms with E-state index in [9.17, 15) is 0 Å². The van der Waals surface area contributed by atoms with Crippen molar-refractivity contribution in [3.8, 4) is 17.9 Å². The van der Waals surface area contributed by atoms with Gasteiger partial charge in [0.15, 0.2) is 6.07 Å². The fourth-order valence-corrected chi connectivity index (χ4v) is 1.57. The Morgan fingerprint density at radius 3 is 2.67 bits per heavy atom. The van der Waals surface area contributed by atoms with Crippen molar-refractivity contribution in [2.75, 3.05) is 0 Å². The lowest BCUT2D eigenvalue weighted by Crippen LogP contribution is -1.84. The predicted molar refractivity (Wildman–Crippen MR) is 59.2 cm³/mol. The summed E-state index contributed by atoms with van der Waals surface area (Å²) in [7, 11) is 0. The molecule has 0 atom stereocenters.